The summed E-state index contributed by atoms with van der Waals surface area (Å²) in [4.78, 5) is 23.3. The molecule has 2 aliphatic rings. The maximum atomic E-state index is 12.2. The molecule has 19 heavy (non-hydrogen) atoms. The third-order valence-corrected chi connectivity index (χ3v) is 4.44. The second kappa shape index (κ2) is 4.30. The van der Waals surface area contributed by atoms with Gasteiger partial charge in [0.15, 0.2) is 0 Å². The Morgan fingerprint density at radius 2 is 2.05 bits per heavy atom. The van der Waals surface area contributed by atoms with E-state index in [1.807, 2.05) is 13.0 Å². The fourth-order valence-electron chi connectivity index (χ4n) is 3.31. The molecule has 2 atom stereocenters. The Balaban J connectivity index is 2.38. The summed E-state index contributed by atoms with van der Waals surface area (Å²) in [5.74, 6) is -1.10. The van der Waals surface area contributed by atoms with Crippen LogP contribution < -0.4 is 0 Å². The number of hydrogen-bond donors (Lipinski definition) is 2. The fraction of sp³-hybridized carbons (Fsp3) is 0.600. The summed E-state index contributed by atoms with van der Waals surface area (Å²) in [5, 5.41) is 18.3. The number of Topliss-reactive ketones (excluding diaryl/α,β-unsaturated/α-hetero) is 1. The van der Waals surface area contributed by atoms with E-state index in [1.165, 1.54) is 0 Å². The van der Waals surface area contributed by atoms with Gasteiger partial charge in [-0.3, -0.25) is 4.79 Å². The van der Waals surface area contributed by atoms with Crippen LogP contribution in [0.3, 0.4) is 0 Å². The Hall–Kier alpha value is -1.42. The first-order valence-corrected chi connectivity index (χ1v) is 6.51. The minimum atomic E-state index is -1.11. The molecule has 0 spiro atoms. The van der Waals surface area contributed by atoms with Crippen LogP contribution in [0.15, 0.2) is 23.3 Å². The predicted molar refractivity (Wildman–Crippen MR) is 70.5 cm³/mol. The fourth-order valence-corrected chi connectivity index (χ4v) is 3.31. The molecule has 0 saturated heterocycles. The molecule has 4 nitrogen and oxygen atoms in total. The molecular formula is C15H20O4. The first-order valence-electron chi connectivity index (χ1n) is 6.51. The van der Waals surface area contributed by atoms with E-state index in [0.29, 0.717) is 12.0 Å². The van der Waals surface area contributed by atoms with Crippen LogP contribution in [0.2, 0.25) is 0 Å². The SMILES string of the molecule is CC1(C)CC(=O)[C@@H]([C@@]2(C)C=C/C2=C(\CO)C(=O)O)C1. The van der Waals surface area contributed by atoms with Crippen LogP contribution in [0.4, 0.5) is 0 Å². The maximum absolute atomic E-state index is 12.2. The molecule has 0 aromatic carbocycles. The van der Waals surface area contributed by atoms with Crippen molar-refractivity contribution in [2.75, 3.05) is 6.61 Å². The lowest BCUT2D eigenvalue weighted by atomic mass is 9.62. The summed E-state index contributed by atoms with van der Waals surface area (Å²) in [6.45, 7) is 5.51. The average molecular weight is 264 g/mol. The van der Waals surface area contributed by atoms with Gasteiger partial charge in [-0.15, -0.1) is 0 Å². The lowest BCUT2D eigenvalue weighted by Gasteiger charge is -2.41. The number of rotatable bonds is 3. The molecule has 2 N–H and O–H groups in total. The number of allylic oxidation sites excluding steroid dienone is 3. The van der Waals surface area contributed by atoms with E-state index in [0.717, 1.165) is 6.42 Å². The minimum Gasteiger partial charge on any atom is -0.478 e. The Bertz CT molecular complexity index is 498. The van der Waals surface area contributed by atoms with Crippen LogP contribution >= 0.6 is 0 Å². The maximum Gasteiger partial charge on any atom is 0.334 e. The average Bonchev–Trinajstić information content (AvgIpc) is 2.56. The van der Waals surface area contributed by atoms with E-state index in [2.05, 4.69) is 13.8 Å². The number of carboxylic acid groups (broad SMARTS) is 1. The molecule has 0 unspecified atom stereocenters. The summed E-state index contributed by atoms with van der Waals surface area (Å²) < 4.78 is 0. The molecule has 0 amide bonds. The third kappa shape index (κ3) is 2.14. The highest BCUT2D eigenvalue weighted by Gasteiger charge is 2.51. The van der Waals surface area contributed by atoms with Gasteiger partial charge in [0.2, 0.25) is 0 Å². The normalized spacial score (nSPS) is 35.2. The number of carbonyl (C=O) groups is 2. The number of hydrogen-bond acceptors (Lipinski definition) is 3. The molecule has 0 heterocycles. The molecule has 1 fully saturated rings. The van der Waals surface area contributed by atoms with Gasteiger partial charge in [-0.1, -0.05) is 32.9 Å². The largest absolute Gasteiger partial charge is 0.478 e. The number of carboxylic acids is 1. The third-order valence-electron chi connectivity index (χ3n) is 4.44. The molecule has 104 valence electrons. The van der Waals surface area contributed by atoms with Crippen molar-refractivity contribution in [1.82, 2.24) is 0 Å². The minimum absolute atomic E-state index is 0.00232. The molecule has 2 rings (SSSR count). The van der Waals surface area contributed by atoms with E-state index in [4.69, 9.17) is 5.11 Å². The van der Waals surface area contributed by atoms with Crippen molar-refractivity contribution in [3.05, 3.63) is 23.3 Å². The highest BCUT2D eigenvalue weighted by Crippen LogP contribution is 2.54. The second-order valence-corrected chi connectivity index (χ2v) is 6.54. The van der Waals surface area contributed by atoms with Gasteiger partial charge in [0.25, 0.3) is 0 Å². The molecule has 1 saturated carbocycles. The van der Waals surface area contributed by atoms with Gasteiger partial charge in [-0.05, 0) is 17.4 Å². The van der Waals surface area contributed by atoms with Crippen molar-refractivity contribution in [2.45, 2.75) is 33.6 Å². The zero-order valence-electron chi connectivity index (χ0n) is 11.6. The zero-order chi connectivity index (χ0) is 14.4. The monoisotopic (exact) mass is 264 g/mol. The van der Waals surface area contributed by atoms with E-state index in [1.54, 1.807) is 6.08 Å². The standard InChI is InChI=1S/C15H20O4/c1-14(2)6-11(12(17)7-14)15(3)5-4-10(15)9(8-16)13(18)19/h4-5,11,16H,6-8H2,1-3H3,(H,18,19)/b10-9-/t11-,15-/m0/s1. The molecular weight excluding hydrogens is 244 g/mol. The summed E-state index contributed by atoms with van der Waals surface area (Å²) >= 11 is 0. The van der Waals surface area contributed by atoms with Crippen molar-refractivity contribution in [3.63, 3.8) is 0 Å². The Kier molecular flexibility index (Phi) is 3.17. The van der Waals surface area contributed by atoms with Crippen molar-refractivity contribution < 1.29 is 19.8 Å². The smallest absolute Gasteiger partial charge is 0.334 e. The van der Waals surface area contributed by atoms with Crippen molar-refractivity contribution in [2.24, 2.45) is 16.7 Å². The van der Waals surface area contributed by atoms with Crippen LogP contribution in [0.5, 0.6) is 0 Å². The topological polar surface area (TPSA) is 74.6 Å². The molecule has 0 bridgehead atoms. The number of ketones is 1. The molecule has 0 aliphatic heterocycles. The Labute approximate surface area is 112 Å². The van der Waals surface area contributed by atoms with Gasteiger partial charge < -0.3 is 10.2 Å². The van der Waals surface area contributed by atoms with Gasteiger partial charge in [0.1, 0.15) is 5.78 Å². The lowest BCUT2D eigenvalue weighted by Crippen LogP contribution is -2.37. The first-order chi connectivity index (χ1) is 8.71. The highest BCUT2D eigenvalue weighted by molar-refractivity contribution is 5.91. The van der Waals surface area contributed by atoms with E-state index in [-0.39, 0.29) is 22.7 Å². The number of aliphatic carboxylic acids is 1. The molecule has 0 aromatic rings. The lowest BCUT2D eigenvalue weighted by molar-refractivity contribution is -0.133. The first kappa shape index (κ1) is 14.0. The van der Waals surface area contributed by atoms with E-state index in [9.17, 15) is 14.7 Å². The van der Waals surface area contributed by atoms with Crippen LogP contribution in [0.25, 0.3) is 0 Å². The molecule has 0 aromatic heterocycles. The molecule has 4 heteroatoms. The van der Waals surface area contributed by atoms with Crippen LogP contribution in [-0.4, -0.2) is 28.6 Å². The molecule has 0 radical (unpaired) electrons. The summed E-state index contributed by atoms with van der Waals surface area (Å²) in [5.41, 5.74) is 0.0319. The quantitative estimate of drug-likeness (QED) is 0.764. The van der Waals surface area contributed by atoms with Crippen LogP contribution in [-0.2, 0) is 9.59 Å². The number of aliphatic hydroxyl groups excluding tert-OH is 1. The van der Waals surface area contributed by atoms with E-state index >= 15 is 0 Å². The Morgan fingerprint density at radius 3 is 2.37 bits per heavy atom. The summed E-state index contributed by atoms with van der Waals surface area (Å²) in [6.07, 6.45) is 4.90. The van der Waals surface area contributed by atoms with Crippen LogP contribution in [0.1, 0.15) is 33.6 Å². The van der Waals surface area contributed by atoms with Crippen LogP contribution in [0, 0.1) is 16.7 Å². The molecule has 2 aliphatic carbocycles. The number of aliphatic hydroxyl groups is 1. The van der Waals surface area contributed by atoms with Crippen molar-refractivity contribution in [3.8, 4) is 0 Å². The van der Waals surface area contributed by atoms with E-state index < -0.39 is 18.0 Å². The highest BCUT2D eigenvalue weighted by atomic mass is 16.4. The summed E-state index contributed by atoms with van der Waals surface area (Å²) in [6, 6.07) is 0. The summed E-state index contributed by atoms with van der Waals surface area (Å²) in [7, 11) is 0. The Morgan fingerprint density at radius 1 is 1.42 bits per heavy atom. The van der Waals surface area contributed by atoms with Gasteiger partial charge >= 0.3 is 5.97 Å². The second-order valence-electron chi connectivity index (χ2n) is 6.54. The van der Waals surface area contributed by atoms with Gasteiger partial charge in [0, 0.05) is 17.8 Å². The van der Waals surface area contributed by atoms with Gasteiger partial charge in [-0.2, -0.15) is 0 Å². The number of carbonyl (C=O) groups excluding carboxylic acids is 1. The predicted octanol–water partition coefficient (Wildman–Crippen LogP) is 1.94. The van der Waals surface area contributed by atoms with Gasteiger partial charge in [-0.25, -0.2) is 4.79 Å². The van der Waals surface area contributed by atoms with Crippen molar-refractivity contribution >= 4 is 11.8 Å². The van der Waals surface area contributed by atoms with Gasteiger partial charge in [0.05, 0.1) is 12.2 Å². The van der Waals surface area contributed by atoms with Crippen molar-refractivity contribution in [1.29, 1.82) is 0 Å². The zero-order valence-corrected chi connectivity index (χ0v) is 11.6.